The fraction of sp³-hybridized carbons (Fsp3) is 0.222. The highest BCUT2D eigenvalue weighted by atomic mass is 32.2. The zero-order valence-electron chi connectivity index (χ0n) is 8.21. The van der Waals surface area contributed by atoms with Crippen LogP contribution in [-0.2, 0) is 16.3 Å². The lowest BCUT2D eigenvalue weighted by Crippen LogP contribution is -2.03. The molecule has 1 aromatic rings. The van der Waals surface area contributed by atoms with Crippen LogP contribution in [0.5, 0.6) is 0 Å². The van der Waals surface area contributed by atoms with Crippen LogP contribution in [0.4, 0.5) is 4.79 Å². The van der Waals surface area contributed by atoms with Gasteiger partial charge in [0.15, 0.2) is 0 Å². The van der Waals surface area contributed by atoms with Crippen LogP contribution in [-0.4, -0.2) is 21.7 Å². The lowest BCUT2D eigenvalue weighted by atomic mass is 10.2. The van der Waals surface area contributed by atoms with Crippen molar-refractivity contribution in [3.05, 3.63) is 29.8 Å². The van der Waals surface area contributed by atoms with Crippen LogP contribution < -0.4 is 5.73 Å². The number of benzene rings is 1. The van der Waals surface area contributed by atoms with Gasteiger partial charge in [0.2, 0.25) is 0 Å². The molecular weight excluding hydrogens is 216 g/mol. The van der Waals surface area contributed by atoms with Crippen molar-refractivity contribution in [2.24, 2.45) is 10.1 Å². The molecule has 0 heterocycles. The van der Waals surface area contributed by atoms with Crippen molar-refractivity contribution >= 4 is 15.8 Å². The molecule has 3 N–H and O–H groups in total. The number of rotatable bonds is 2. The van der Waals surface area contributed by atoms with Gasteiger partial charge in [-0.2, -0.15) is 0 Å². The Morgan fingerprint density at radius 1 is 1.60 bits per heavy atom. The Bertz CT molecular complexity index is 490. The van der Waals surface area contributed by atoms with E-state index < -0.39 is 15.8 Å². The molecule has 0 radical (unpaired) electrons. The van der Waals surface area contributed by atoms with Gasteiger partial charge in [0.1, 0.15) is 0 Å². The molecule has 15 heavy (non-hydrogen) atoms. The Kier molecular flexibility index (Phi) is 3.43. The standard InChI is InChI=1S/C9H12N2O3S/c1-15(14,11-9(12)13)8-4-2-3-7(5-8)6-10/h2-5H,6,10H2,1H3,(H,12,13). The van der Waals surface area contributed by atoms with E-state index >= 15 is 0 Å². The first kappa shape index (κ1) is 11.7. The van der Waals surface area contributed by atoms with E-state index in [-0.39, 0.29) is 0 Å². The van der Waals surface area contributed by atoms with Crippen LogP contribution in [0.3, 0.4) is 0 Å². The fourth-order valence-corrected chi connectivity index (χ4v) is 2.21. The maximum Gasteiger partial charge on any atom is 0.439 e. The summed E-state index contributed by atoms with van der Waals surface area (Å²) in [6.45, 7) is 0.316. The minimum Gasteiger partial charge on any atom is -0.463 e. The smallest absolute Gasteiger partial charge is 0.439 e. The Labute approximate surface area is 88.1 Å². The second-order valence-corrected chi connectivity index (χ2v) is 5.29. The van der Waals surface area contributed by atoms with Crippen molar-refractivity contribution in [3.63, 3.8) is 0 Å². The van der Waals surface area contributed by atoms with Gasteiger partial charge in [-0.25, -0.2) is 9.00 Å². The summed E-state index contributed by atoms with van der Waals surface area (Å²) < 4.78 is 15.0. The highest BCUT2D eigenvalue weighted by molar-refractivity contribution is 7.93. The molecule has 6 heteroatoms. The summed E-state index contributed by atoms with van der Waals surface area (Å²) in [6, 6.07) is 6.64. The first-order valence-corrected chi connectivity index (χ1v) is 6.12. The molecule has 1 amide bonds. The molecule has 0 aromatic heterocycles. The number of carbonyl (C=O) groups is 1. The fourth-order valence-electron chi connectivity index (χ4n) is 1.11. The molecule has 5 nitrogen and oxygen atoms in total. The number of amides is 1. The summed E-state index contributed by atoms with van der Waals surface area (Å²) in [4.78, 5) is 10.8. The van der Waals surface area contributed by atoms with E-state index in [1.165, 1.54) is 6.26 Å². The summed E-state index contributed by atoms with van der Waals surface area (Å²) in [5, 5.41) is 8.47. The van der Waals surface area contributed by atoms with Crippen molar-refractivity contribution < 1.29 is 14.1 Å². The van der Waals surface area contributed by atoms with Crippen molar-refractivity contribution in [2.45, 2.75) is 11.4 Å². The Hall–Kier alpha value is -1.40. The van der Waals surface area contributed by atoms with Gasteiger partial charge in [0.05, 0.1) is 9.73 Å². The number of hydrogen-bond acceptors (Lipinski definition) is 3. The minimum atomic E-state index is -2.87. The molecule has 0 aliphatic heterocycles. The number of hydrogen-bond donors (Lipinski definition) is 2. The zero-order valence-corrected chi connectivity index (χ0v) is 9.03. The molecule has 0 spiro atoms. The van der Waals surface area contributed by atoms with Gasteiger partial charge in [-0.3, -0.25) is 0 Å². The third-order valence-corrected chi connectivity index (χ3v) is 3.46. The highest BCUT2D eigenvalue weighted by Gasteiger charge is 2.08. The predicted molar refractivity (Wildman–Crippen MR) is 57.1 cm³/mol. The van der Waals surface area contributed by atoms with Crippen molar-refractivity contribution in [2.75, 3.05) is 6.26 Å². The summed E-state index contributed by atoms with van der Waals surface area (Å²) >= 11 is 0. The first-order valence-electron chi connectivity index (χ1n) is 4.20. The number of nitrogens with two attached hydrogens (primary N) is 1. The van der Waals surface area contributed by atoms with Gasteiger partial charge in [0.25, 0.3) is 0 Å². The summed E-state index contributed by atoms with van der Waals surface area (Å²) in [7, 11) is -2.87. The lowest BCUT2D eigenvalue weighted by molar-refractivity contribution is 0.206. The highest BCUT2D eigenvalue weighted by Crippen LogP contribution is 2.13. The molecule has 1 rings (SSSR count). The van der Waals surface area contributed by atoms with E-state index in [2.05, 4.69) is 4.36 Å². The zero-order chi connectivity index (χ0) is 11.5. The SMILES string of the molecule is CS(=O)(=NC(=O)O)c1cccc(CN)c1. The van der Waals surface area contributed by atoms with E-state index in [0.29, 0.717) is 11.4 Å². The minimum absolute atomic E-state index is 0.316. The Morgan fingerprint density at radius 2 is 2.27 bits per heavy atom. The van der Waals surface area contributed by atoms with Crippen LogP contribution in [0.25, 0.3) is 0 Å². The second kappa shape index (κ2) is 4.41. The molecule has 0 saturated heterocycles. The van der Waals surface area contributed by atoms with Crippen LogP contribution >= 0.6 is 0 Å². The van der Waals surface area contributed by atoms with Crippen LogP contribution in [0.2, 0.25) is 0 Å². The molecule has 0 bridgehead atoms. The molecule has 1 aromatic carbocycles. The largest absolute Gasteiger partial charge is 0.463 e. The van der Waals surface area contributed by atoms with Crippen molar-refractivity contribution in [1.82, 2.24) is 0 Å². The van der Waals surface area contributed by atoms with Gasteiger partial charge < -0.3 is 10.8 Å². The molecule has 0 saturated carbocycles. The Morgan fingerprint density at radius 3 is 2.80 bits per heavy atom. The monoisotopic (exact) mass is 228 g/mol. The molecule has 1 atom stereocenters. The summed E-state index contributed by atoms with van der Waals surface area (Å²) in [6.07, 6.45) is -0.142. The molecule has 1 unspecified atom stereocenters. The van der Waals surface area contributed by atoms with Gasteiger partial charge in [-0.1, -0.05) is 12.1 Å². The van der Waals surface area contributed by atoms with Crippen molar-refractivity contribution in [1.29, 1.82) is 0 Å². The van der Waals surface area contributed by atoms with Gasteiger partial charge >= 0.3 is 6.09 Å². The first-order chi connectivity index (χ1) is 6.95. The third-order valence-electron chi connectivity index (χ3n) is 1.82. The number of nitrogens with zero attached hydrogens (tertiary/aromatic N) is 1. The maximum absolute atomic E-state index is 11.9. The molecule has 82 valence electrons. The topological polar surface area (TPSA) is 92.8 Å². The van der Waals surface area contributed by atoms with E-state index in [0.717, 1.165) is 5.56 Å². The quantitative estimate of drug-likeness (QED) is 0.797. The summed E-state index contributed by atoms with van der Waals surface area (Å²) in [5.41, 5.74) is 6.22. The molecular formula is C9H12N2O3S. The average Bonchev–Trinajstić information content (AvgIpc) is 2.16. The van der Waals surface area contributed by atoms with E-state index in [9.17, 15) is 9.00 Å². The van der Waals surface area contributed by atoms with Gasteiger partial charge in [-0.05, 0) is 17.7 Å². The van der Waals surface area contributed by atoms with Gasteiger partial charge in [-0.15, -0.1) is 4.36 Å². The lowest BCUT2D eigenvalue weighted by Gasteiger charge is -2.04. The molecule has 0 fully saturated rings. The molecule has 0 aliphatic rings. The van der Waals surface area contributed by atoms with Gasteiger partial charge in [0, 0.05) is 17.7 Å². The second-order valence-electron chi connectivity index (χ2n) is 3.03. The van der Waals surface area contributed by atoms with E-state index in [1.54, 1.807) is 24.3 Å². The number of carboxylic acid groups (broad SMARTS) is 1. The molecule has 0 aliphatic carbocycles. The third kappa shape index (κ3) is 3.03. The van der Waals surface area contributed by atoms with Crippen molar-refractivity contribution in [3.8, 4) is 0 Å². The van der Waals surface area contributed by atoms with E-state index in [4.69, 9.17) is 10.8 Å². The van der Waals surface area contributed by atoms with Crippen LogP contribution in [0.1, 0.15) is 5.56 Å². The Balaban J connectivity index is 3.27. The summed E-state index contributed by atoms with van der Waals surface area (Å²) in [5.74, 6) is 0. The van der Waals surface area contributed by atoms with Crippen LogP contribution in [0, 0.1) is 0 Å². The predicted octanol–water partition coefficient (Wildman–Crippen LogP) is 1.28. The average molecular weight is 228 g/mol. The van der Waals surface area contributed by atoms with Crippen LogP contribution in [0.15, 0.2) is 33.5 Å². The maximum atomic E-state index is 11.9. The normalized spacial score (nSPS) is 14.3. The van der Waals surface area contributed by atoms with E-state index in [1.807, 2.05) is 0 Å².